The summed E-state index contributed by atoms with van der Waals surface area (Å²) in [5.74, 6) is -1.79. The van der Waals surface area contributed by atoms with Crippen molar-refractivity contribution >= 4 is 17.8 Å². The molecule has 2 aliphatic carbocycles. The molecule has 0 bridgehead atoms. The van der Waals surface area contributed by atoms with Crippen molar-refractivity contribution in [3.63, 3.8) is 0 Å². The predicted molar refractivity (Wildman–Crippen MR) is 140 cm³/mol. The van der Waals surface area contributed by atoms with Crippen molar-refractivity contribution in [1.82, 2.24) is 5.06 Å². The minimum Gasteiger partial charge on any atom is -0.329 e. The van der Waals surface area contributed by atoms with Crippen molar-refractivity contribution in [1.29, 1.82) is 0 Å². The molecule has 2 aromatic carbocycles. The summed E-state index contributed by atoms with van der Waals surface area (Å²) in [5, 5.41) is 6.75. The van der Waals surface area contributed by atoms with Crippen LogP contribution in [0.1, 0.15) is 90.5 Å². The molecule has 2 saturated carbocycles. The van der Waals surface area contributed by atoms with Crippen molar-refractivity contribution in [2.75, 3.05) is 0 Å². The molecule has 0 saturated heterocycles. The zero-order valence-electron chi connectivity index (χ0n) is 22.1. The minimum absolute atomic E-state index is 0.0718. The van der Waals surface area contributed by atoms with Gasteiger partial charge in [-0.3, -0.25) is 9.59 Å². The van der Waals surface area contributed by atoms with Crippen molar-refractivity contribution in [3.05, 3.63) is 71.3 Å². The van der Waals surface area contributed by atoms with Crippen LogP contribution in [-0.2, 0) is 15.3 Å². The predicted octanol–water partition coefficient (Wildman–Crippen LogP) is 6.47. The molecule has 11 heteroatoms. The quantitative estimate of drug-likeness (QED) is 0.434. The highest BCUT2D eigenvalue weighted by atomic mass is 19.4. The number of hydrogen-bond acceptors (Lipinski definition) is 7. The Balaban J connectivity index is 0.000000157. The van der Waals surface area contributed by atoms with Gasteiger partial charge in [0.15, 0.2) is 0 Å². The fourth-order valence-electron chi connectivity index (χ4n) is 5.00. The molecule has 0 atom stereocenters. The number of imide groups is 1. The Labute approximate surface area is 230 Å². The largest absolute Gasteiger partial charge is 0.442 e. The van der Waals surface area contributed by atoms with Gasteiger partial charge in [-0.2, -0.15) is 13.2 Å². The third-order valence-electron chi connectivity index (χ3n) is 7.40. The number of carbonyl (C=O) groups is 3. The van der Waals surface area contributed by atoms with Gasteiger partial charge in [-0.1, -0.05) is 86.1 Å². The average molecular weight is 559 g/mol. The summed E-state index contributed by atoms with van der Waals surface area (Å²) >= 11 is 0. The first kappa shape index (κ1) is 29.4. The molecule has 4 aliphatic rings. The van der Waals surface area contributed by atoms with E-state index < -0.39 is 29.6 Å². The highest BCUT2D eigenvalue weighted by molar-refractivity contribution is 6.20. The molecule has 8 nitrogen and oxygen atoms in total. The molecular weight excluding hydrogens is 525 g/mol. The molecular formula is C29H33F3N4O4. The second-order valence-corrected chi connectivity index (χ2v) is 10.3. The van der Waals surface area contributed by atoms with Crippen molar-refractivity contribution in [2.24, 2.45) is 21.9 Å². The molecule has 40 heavy (non-hydrogen) atoms. The number of amides is 2. The average Bonchev–Trinajstić information content (AvgIpc) is 3.76. The summed E-state index contributed by atoms with van der Waals surface area (Å²) in [7, 11) is 0. The molecule has 2 N–H and O–H groups in total. The van der Waals surface area contributed by atoms with Gasteiger partial charge >= 0.3 is 17.8 Å². The van der Waals surface area contributed by atoms with E-state index in [1.807, 2.05) is 0 Å². The molecule has 6 rings (SSSR count). The van der Waals surface area contributed by atoms with Crippen LogP contribution >= 0.6 is 0 Å². The third-order valence-corrected chi connectivity index (χ3v) is 7.40. The molecule has 2 aromatic rings. The molecule has 0 radical (unpaired) electrons. The van der Waals surface area contributed by atoms with E-state index in [2.05, 4.69) is 10.2 Å². The number of alkyl halides is 3. The van der Waals surface area contributed by atoms with Gasteiger partial charge in [-0.15, -0.1) is 10.2 Å². The maximum atomic E-state index is 12.4. The summed E-state index contributed by atoms with van der Waals surface area (Å²) < 4.78 is 37.2. The lowest BCUT2D eigenvalue weighted by molar-refractivity contribution is -0.174. The summed E-state index contributed by atoms with van der Waals surface area (Å²) in [4.78, 5) is 41.2. The van der Waals surface area contributed by atoms with Gasteiger partial charge in [-0.25, -0.2) is 4.79 Å². The van der Waals surface area contributed by atoms with Crippen molar-refractivity contribution in [3.8, 4) is 0 Å². The number of nitrogens with two attached hydrogens (primary N) is 1. The molecule has 2 fully saturated rings. The van der Waals surface area contributed by atoms with Crippen LogP contribution in [0, 0.1) is 5.92 Å². The number of hydroxylamine groups is 2. The summed E-state index contributed by atoms with van der Waals surface area (Å²) in [6.45, 7) is 0. The van der Waals surface area contributed by atoms with Gasteiger partial charge in [0.2, 0.25) is 0 Å². The molecule has 0 spiro atoms. The zero-order valence-corrected chi connectivity index (χ0v) is 22.1. The number of halogens is 3. The third kappa shape index (κ3) is 6.75. The van der Waals surface area contributed by atoms with Crippen LogP contribution in [0.5, 0.6) is 0 Å². The highest BCUT2D eigenvalue weighted by Crippen LogP contribution is 2.52. The Morgan fingerprint density at radius 2 is 1.27 bits per heavy atom. The van der Waals surface area contributed by atoms with Crippen LogP contribution in [0.15, 0.2) is 64.8 Å². The number of fused-ring (bicyclic) bond motifs is 1. The first-order valence-electron chi connectivity index (χ1n) is 13.7. The standard InChI is InChI=1S/C15H15NO4.C8H5F3N2.C6H13N/c17-13-11-8-4-5-9-12(11)14(18)16(13)20-15(19)10-6-2-1-3-7-10;9-8(10,11)7(12-13-7)6-4-2-1-3-5-6;7-6-4-2-1-3-5-6/h4-5,8-10H,1-3,6-7H2;1-5H;6H,1-5,7H2. The fraction of sp³-hybridized carbons (Fsp3) is 0.483. The smallest absolute Gasteiger partial charge is 0.329 e. The molecule has 2 aliphatic heterocycles. The molecule has 2 amide bonds. The van der Waals surface area contributed by atoms with E-state index in [0.29, 0.717) is 11.1 Å². The molecule has 0 unspecified atom stereocenters. The van der Waals surface area contributed by atoms with Crippen LogP contribution < -0.4 is 5.73 Å². The van der Waals surface area contributed by atoms with Gasteiger partial charge in [0, 0.05) is 11.6 Å². The Morgan fingerprint density at radius 3 is 1.70 bits per heavy atom. The van der Waals surface area contributed by atoms with Gasteiger partial charge in [0.1, 0.15) is 0 Å². The van der Waals surface area contributed by atoms with Crippen molar-refractivity contribution in [2.45, 2.75) is 82.1 Å². The molecule has 214 valence electrons. The second kappa shape index (κ2) is 12.7. The normalized spacial score (nSPS) is 20.1. The van der Waals surface area contributed by atoms with E-state index in [1.165, 1.54) is 56.4 Å². The van der Waals surface area contributed by atoms with E-state index >= 15 is 0 Å². The van der Waals surface area contributed by atoms with Crippen LogP contribution in [0.3, 0.4) is 0 Å². The number of carbonyl (C=O) groups excluding carboxylic acids is 3. The number of rotatable bonds is 3. The second-order valence-electron chi connectivity index (χ2n) is 10.3. The number of benzene rings is 2. The van der Waals surface area contributed by atoms with Crippen LogP contribution in [-0.4, -0.2) is 35.1 Å². The van der Waals surface area contributed by atoms with Crippen LogP contribution in [0.4, 0.5) is 13.2 Å². The van der Waals surface area contributed by atoms with Crippen LogP contribution in [0.25, 0.3) is 0 Å². The lowest BCUT2D eigenvalue weighted by Crippen LogP contribution is -2.35. The van der Waals surface area contributed by atoms with Gasteiger partial charge in [-0.05, 0) is 37.8 Å². The Bertz CT molecular complexity index is 1180. The lowest BCUT2D eigenvalue weighted by Gasteiger charge is -2.21. The van der Waals surface area contributed by atoms with E-state index in [9.17, 15) is 27.6 Å². The number of nitrogens with zero attached hydrogens (tertiary/aromatic N) is 3. The maximum Gasteiger partial charge on any atom is 0.442 e. The maximum absolute atomic E-state index is 12.4. The van der Waals surface area contributed by atoms with Crippen LogP contribution in [0.2, 0.25) is 0 Å². The Hall–Kier alpha value is -3.60. The minimum atomic E-state index is -4.42. The van der Waals surface area contributed by atoms with E-state index in [4.69, 9.17) is 10.6 Å². The SMILES string of the molecule is FC(F)(F)C1(c2ccccc2)N=N1.NC1CCCCC1.O=C(ON1C(=O)c2ccccc2C1=O)C1CCCCC1. The summed E-state index contributed by atoms with van der Waals surface area (Å²) in [6, 6.07) is 14.5. The fourth-order valence-corrected chi connectivity index (χ4v) is 5.00. The van der Waals surface area contributed by atoms with Gasteiger partial charge < -0.3 is 10.6 Å². The molecule has 2 heterocycles. The highest BCUT2D eigenvalue weighted by Gasteiger charge is 2.65. The summed E-state index contributed by atoms with van der Waals surface area (Å²) in [5.41, 5.74) is 4.01. The van der Waals surface area contributed by atoms with E-state index in [1.54, 1.807) is 30.3 Å². The monoisotopic (exact) mass is 558 g/mol. The van der Waals surface area contributed by atoms with E-state index in [-0.39, 0.29) is 22.6 Å². The Kier molecular flexibility index (Phi) is 9.34. The zero-order chi connectivity index (χ0) is 28.8. The first-order valence-corrected chi connectivity index (χ1v) is 13.7. The Morgan fingerprint density at radius 1 is 0.800 bits per heavy atom. The van der Waals surface area contributed by atoms with Crippen molar-refractivity contribution < 1.29 is 32.4 Å². The lowest BCUT2D eigenvalue weighted by atomic mass is 9.89. The number of hydrogen-bond donors (Lipinski definition) is 1. The molecule has 0 aromatic heterocycles. The van der Waals surface area contributed by atoms with E-state index in [0.717, 1.165) is 32.1 Å². The summed E-state index contributed by atoms with van der Waals surface area (Å²) in [6.07, 6.45) is 6.87. The van der Waals surface area contributed by atoms with Gasteiger partial charge in [0.25, 0.3) is 11.8 Å². The first-order chi connectivity index (χ1) is 19.1. The topological polar surface area (TPSA) is 114 Å². The van der Waals surface area contributed by atoms with Gasteiger partial charge in [0.05, 0.1) is 17.0 Å².